The summed E-state index contributed by atoms with van der Waals surface area (Å²) in [5.41, 5.74) is 4.26. The smallest absolute Gasteiger partial charge is 0.323 e. The molecule has 0 bridgehead atoms. The van der Waals surface area contributed by atoms with E-state index < -0.39 is 0 Å². The van der Waals surface area contributed by atoms with Crippen LogP contribution in [0.25, 0.3) is 10.2 Å². The largest absolute Gasteiger partial charge is 0.347 e. The summed E-state index contributed by atoms with van der Waals surface area (Å²) in [6.45, 7) is 4.27. The fraction of sp³-hybridized carbons (Fsp3) is 0.174. The molecule has 3 amide bonds. The van der Waals surface area contributed by atoms with Gasteiger partial charge in [0.25, 0.3) is 5.91 Å². The molecule has 0 aliphatic carbocycles. The average molecular weight is 434 g/mol. The zero-order valence-electron chi connectivity index (χ0n) is 17.5. The molecule has 0 saturated carbocycles. The molecule has 0 unspecified atom stereocenters. The molecule has 0 atom stereocenters. The lowest BCUT2D eigenvalue weighted by molar-refractivity contribution is 0.0955. The summed E-state index contributed by atoms with van der Waals surface area (Å²) in [5, 5.41) is 14.0. The van der Waals surface area contributed by atoms with E-state index in [1.165, 1.54) is 11.3 Å². The van der Waals surface area contributed by atoms with Crippen LogP contribution in [0.4, 0.5) is 16.2 Å². The number of aromatic nitrogens is 2. The average Bonchev–Trinajstić information content (AvgIpc) is 3.28. The molecule has 2 heterocycles. The molecule has 0 spiro atoms. The van der Waals surface area contributed by atoms with Gasteiger partial charge in [-0.3, -0.25) is 9.48 Å². The zero-order valence-corrected chi connectivity index (χ0v) is 18.3. The predicted octanol–water partition coefficient (Wildman–Crippen LogP) is 4.83. The standard InChI is InChI=1S/C23H23N5O2S/c1-14-6-4-8-17(10-14)25-23(30)26-18-9-5-7-16(11-18)13-24-21(29)20-12-19-15(2)27-28(3)22(19)31-20/h4-12H,13H2,1-3H3,(H,24,29)(H2,25,26,30). The Bertz CT molecular complexity index is 1240. The summed E-state index contributed by atoms with van der Waals surface area (Å²) in [6, 6.07) is 16.6. The highest BCUT2D eigenvalue weighted by Gasteiger charge is 2.15. The summed E-state index contributed by atoms with van der Waals surface area (Å²) >= 11 is 1.42. The number of carbonyl (C=O) groups excluding carboxylic acids is 2. The first kappa shape index (κ1) is 20.6. The second-order valence-corrected chi connectivity index (χ2v) is 8.40. The molecule has 0 aliphatic rings. The minimum absolute atomic E-state index is 0.129. The van der Waals surface area contributed by atoms with Crippen molar-refractivity contribution < 1.29 is 9.59 Å². The first-order valence-electron chi connectivity index (χ1n) is 9.84. The summed E-state index contributed by atoms with van der Waals surface area (Å²) in [7, 11) is 1.88. The number of benzene rings is 2. The number of amides is 3. The monoisotopic (exact) mass is 433 g/mol. The van der Waals surface area contributed by atoms with Crippen LogP contribution in [0, 0.1) is 13.8 Å². The maximum absolute atomic E-state index is 12.6. The van der Waals surface area contributed by atoms with Crippen LogP contribution in [-0.2, 0) is 13.6 Å². The first-order chi connectivity index (χ1) is 14.9. The molecule has 0 fully saturated rings. The zero-order chi connectivity index (χ0) is 22.0. The Balaban J connectivity index is 1.37. The summed E-state index contributed by atoms with van der Waals surface area (Å²) in [5.74, 6) is -0.129. The number of anilines is 2. The van der Waals surface area contributed by atoms with Crippen LogP contribution < -0.4 is 16.0 Å². The molecule has 0 aliphatic heterocycles. The van der Waals surface area contributed by atoms with Gasteiger partial charge in [-0.15, -0.1) is 11.3 Å². The van der Waals surface area contributed by atoms with Crippen molar-refractivity contribution in [2.24, 2.45) is 7.05 Å². The highest BCUT2D eigenvalue weighted by Crippen LogP contribution is 2.27. The van der Waals surface area contributed by atoms with Gasteiger partial charge in [0, 0.05) is 30.4 Å². The van der Waals surface area contributed by atoms with Crippen molar-refractivity contribution >= 4 is 44.9 Å². The van der Waals surface area contributed by atoms with Gasteiger partial charge < -0.3 is 16.0 Å². The maximum Gasteiger partial charge on any atom is 0.323 e. The number of hydrogen-bond acceptors (Lipinski definition) is 4. The SMILES string of the molecule is Cc1cccc(NC(=O)Nc2cccc(CNC(=O)c3cc4c(C)nn(C)c4s3)c2)c1. The van der Waals surface area contributed by atoms with Crippen molar-refractivity contribution in [3.05, 3.63) is 76.3 Å². The number of fused-ring (bicyclic) bond motifs is 1. The molecule has 4 aromatic rings. The minimum Gasteiger partial charge on any atom is -0.347 e. The predicted molar refractivity (Wildman–Crippen MR) is 125 cm³/mol. The van der Waals surface area contributed by atoms with E-state index in [1.54, 1.807) is 4.68 Å². The quantitative estimate of drug-likeness (QED) is 0.421. The molecule has 2 aromatic heterocycles. The number of rotatable bonds is 5. The number of hydrogen-bond donors (Lipinski definition) is 3. The van der Waals surface area contributed by atoms with Crippen LogP contribution in [0.5, 0.6) is 0 Å². The summed E-state index contributed by atoms with van der Waals surface area (Å²) in [4.78, 5) is 26.5. The van der Waals surface area contributed by atoms with Gasteiger partial charge in [0.15, 0.2) is 0 Å². The summed E-state index contributed by atoms with van der Waals surface area (Å²) in [6.07, 6.45) is 0. The molecule has 158 valence electrons. The Kier molecular flexibility index (Phi) is 5.73. The molecule has 4 rings (SSSR count). The Morgan fingerprint density at radius 2 is 1.71 bits per heavy atom. The molecule has 2 aromatic carbocycles. The highest BCUT2D eigenvalue weighted by molar-refractivity contribution is 7.20. The molecule has 8 heteroatoms. The van der Waals surface area contributed by atoms with Gasteiger partial charge in [0.2, 0.25) is 0 Å². The second kappa shape index (κ2) is 8.61. The minimum atomic E-state index is -0.318. The van der Waals surface area contributed by atoms with Gasteiger partial charge in [0.1, 0.15) is 4.83 Å². The second-order valence-electron chi connectivity index (χ2n) is 7.37. The van der Waals surface area contributed by atoms with E-state index in [9.17, 15) is 9.59 Å². The Morgan fingerprint density at radius 1 is 1.00 bits per heavy atom. The Labute approximate surface area is 184 Å². The molecular weight excluding hydrogens is 410 g/mol. The maximum atomic E-state index is 12.6. The Hall–Kier alpha value is -3.65. The van der Waals surface area contributed by atoms with Gasteiger partial charge in [0.05, 0.1) is 10.6 Å². The molecule has 0 radical (unpaired) electrons. The molecule has 3 N–H and O–H groups in total. The van der Waals surface area contributed by atoms with Crippen molar-refractivity contribution in [2.75, 3.05) is 10.6 Å². The number of urea groups is 1. The Morgan fingerprint density at radius 3 is 2.42 bits per heavy atom. The number of thiophene rings is 1. The van der Waals surface area contributed by atoms with Crippen molar-refractivity contribution in [2.45, 2.75) is 20.4 Å². The molecule has 7 nitrogen and oxygen atoms in total. The van der Waals surface area contributed by atoms with E-state index in [0.29, 0.717) is 17.1 Å². The number of aryl methyl sites for hydroxylation is 3. The van der Waals surface area contributed by atoms with Gasteiger partial charge in [-0.25, -0.2) is 4.79 Å². The van der Waals surface area contributed by atoms with E-state index in [1.807, 2.05) is 75.5 Å². The van der Waals surface area contributed by atoms with Gasteiger partial charge in [-0.05, 0) is 55.3 Å². The lowest BCUT2D eigenvalue weighted by Crippen LogP contribution is -2.22. The van der Waals surface area contributed by atoms with Crippen LogP contribution >= 0.6 is 11.3 Å². The van der Waals surface area contributed by atoms with Gasteiger partial charge >= 0.3 is 6.03 Å². The van der Waals surface area contributed by atoms with Crippen LogP contribution in [0.15, 0.2) is 54.6 Å². The van der Waals surface area contributed by atoms with E-state index in [4.69, 9.17) is 0 Å². The van der Waals surface area contributed by atoms with E-state index >= 15 is 0 Å². The summed E-state index contributed by atoms with van der Waals surface area (Å²) < 4.78 is 1.79. The molecular formula is C23H23N5O2S. The van der Waals surface area contributed by atoms with Crippen LogP contribution in [0.1, 0.15) is 26.5 Å². The lowest BCUT2D eigenvalue weighted by atomic mass is 10.2. The highest BCUT2D eigenvalue weighted by atomic mass is 32.1. The van der Waals surface area contributed by atoms with Crippen molar-refractivity contribution in [1.29, 1.82) is 0 Å². The van der Waals surface area contributed by atoms with E-state index in [0.717, 1.165) is 32.7 Å². The van der Waals surface area contributed by atoms with Crippen molar-refractivity contribution in [1.82, 2.24) is 15.1 Å². The van der Waals surface area contributed by atoms with Crippen LogP contribution in [0.3, 0.4) is 0 Å². The number of carbonyl (C=O) groups is 2. The van der Waals surface area contributed by atoms with Crippen molar-refractivity contribution in [3.63, 3.8) is 0 Å². The van der Waals surface area contributed by atoms with Gasteiger partial charge in [-0.2, -0.15) is 5.10 Å². The number of nitrogens with zero attached hydrogens (tertiary/aromatic N) is 2. The molecule has 31 heavy (non-hydrogen) atoms. The normalized spacial score (nSPS) is 10.8. The fourth-order valence-electron chi connectivity index (χ4n) is 3.36. The number of nitrogens with one attached hydrogen (secondary N) is 3. The van der Waals surface area contributed by atoms with Crippen LogP contribution in [0.2, 0.25) is 0 Å². The van der Waals surface area contributed by atoms with Crippen LogP contribution in [-0.4, -0.2) is 21.7 Å². The van der Waals surface area contributed by atoms with E-state index in [2.05, 4.69) is 21.0 Å². The third-order valence-electron chi connectivity index (χ3n) is 4.83. The van der Waals surface area contributed by atoms with Crippen molar-refractivity contribution in [3.8, 4) is 0 Å². The molecule has 0 saturated heterocycles. The third kappa shape index (κ3) is 4.75. The fourth-order valence-corrected chi connectivity index (χ4v) is 4.40. The van der Waals surface area contributed by atoms with E-state index in [-0.39, 0.29) is 11.9 Å². The lowest BCUT2D eigenvalue weighted by Gasteiger charge is -2.10. The third-order valence-corrected chi connectivity index (χ3v) is 6.03. The first-order valence-corrected chi connectivity index (χ1v) is 10.7. The topological polar surface area (TPSA) is 88.1 Å². The van der Waals surface area contributed by atoms with Gasteiger partial charge in [-0.1, -0.05) is 24.3 Å².